The van der Waals surface area contributed by atoms with E-state index in [1.54, 1.807) is 0 Å². The topological polar surface area (TPSA) is 32.3 Å². The molecular formula is C6H12ClNO. The Bertz CT molecular complexity index is 103. The van der Waals surface area contributed by atoms with Gasteiger partial charge in [-0.05, 0) is 18.5 Å². The first-order valence-electron chi connectivity index (χ1n) is 2.93. The molecule has 0 aliphatic carbocycles. The predicted molar refractivity (Wildman–Crippen MR) is 39.9 cm³/mol. The second kappa shape index (κ2) is 4.79. The molecule has 1 aliphatic heterocycles. The summed E-state index contributed by atoms with van der Waals surface area (Å²) >= 11 is 0. The van der Waals surface area contributed by atoms with Crippen molar-refractivity contribution in [1.29, 1.82) is 0 Å². The lowest BCUT2D eigenvalue weighted by atomic mass is 10.1. The molecule has 9 heavy (non-hydrogen) atoms. The Morgan fingerprint density at radius 1 is 1.67 bits per heavy atom. The fourth-order valence-corrected chi connectivity index (χ4v) is 0.813. The van der Waals surface area contributed by atoms with Gasteiger partial charge in [-0.15, -0.1) is 12.4 Å². The van der Waals surface area contributed by atoms with Crippen LogP contribution in [0.25, 0.3) is 0 Å². The van der Waals surface area contributed by atoms with Gasteiger partial charge < -0.3 is 10.4 Å². The molecule has 0 aromatic rings. The van der Waals surface area contributed by atoms with Crippen molar-refractivity contribution >= 4 is 12.4 Å². The minimum atomic E-state index is 0. The lowest BCUT2D eigenvalue weighted by molar-refractivity contribution is 0.323. The molecule has 0 aromatic heterocycles. The van der Waals surface area contributed by atoms with Gasteiger partial charge in [-0.3, -0.25) is 0 Å². The zero-order chi connectivity index (χ0) is 5.82. The largest absolute Gasteiger partial charge is 0.392 e. The van der Waals surface area contributed by atoms with E-state index in [1.165, 1.54) is 5.57 Å². The van der Waals surface area contributed by atoms with Crippen LogP contribution in [0.3, 0.4) is 0 Å². The summed E-state index contributed by atoms with van der Waals surface area (Å²) in [5.74, 6) is 0. The highest BCUT2D eigenvalue weighted by molar-refractivity contribution is 5.85. The molecule has 2 nitrogen and oxygen atoms in total. The molecule has 1 aliphatic rings. The van der Waals surface area contributed by atoms with Crippen LogP contribution in [-0.4, -0.2) is 24.8 Å². The maximum atomic E-state index is 8.59. The Kier molecular flexibility index (Phi) is 4.77. The minimum Gasteiger partial charge on any atom is -0.392 e. The Labute approximate surface area is 61.4 Å². The summed E-state index contributed by atoms with van der Waals surface area (Å²) in [5, 5.41) is 11.8. The van der Waals surface area contributed by atoms with Crippen LogP contribution in [0.2, 0.25) is 0 Å². The fraction of sp³-hybridized carbons (Fsp3) is 0.667. The van der Waals surface area contributed by atoms with E-state index in [0.717, 1.165) is 19.5 Å². The summed E-state index contributed by atoms with van der Waals surface area (Å²) in [5.41, 5.74) is 1.17. The molecule has 1 rings (SSSR count). The van der Waals surface area contributed by atoms with Crippen molar-refractivity contribution in [2.75, 3.05) is 19.7 Å². The molecule has 0 amide bonds. The van der Waals surface area contributed by atoms with Crippen LogP contribution in [0.1, 0.15) is 6.42 Å². The van der Waals surface area contributed by atoms with Crippen molar-refractivity contribution in [3.8, 4) is 0 Å². The Balaban J connectivity index is 0.000000640. The first-order valence-corrected chi connectivity index (χ1v) is 2.93. The van der Waals surface area contributed by atoms with Gasteiger partial charge in [-0.1, -0.05) is 6.08 Å². The smallest absolute Gasteiger partial charge is 0.0642 e. The lowest BCUT2D eigenvalue weighted by Gasteiger charge is -2.10. The number of rotatable bonds is 1. The second-order valence-electron chi connectivity index (χ2n) is 1.97. The average Bonchev–Trinajstić information content (AvgIpc) is 1.90. The number of hydrogen-bond acceptors (Lipinski definition) is 2. The second-order valence-corrected chi connectivity index (χ2v) is 1.97. The summed E-state index contributed by atoms with van der Waals surface area (Å²) in [6.07, 6.45) is 3.06. The van der Waals surface area contributed by atoms with Crippen molar-refractivity contribution < 1.29 is 5.11 Å². The van der Waals surface area contributed by atoms with Gasteiger partial charge in [0.15, 0.2) is 0 Å². The maximum absolute atomic E-state index is 8.59. The zero-order valence-electron chi connectivity index (χ0n) is 5.26. The van der Waals surface area contributed by atoms with Gasteiger partial charge in [0.05, 0.1) is 6.61 Å². The van der Waals surface area contributed by atoms with Crippen LogP contribution in [0.5, 0.6) is 0 Å². The molecule has 54 valence electrons. The van der Waals surface area contributed by atoms with Gasteiger partial charge in [0, 0.05) is 6.54 Å². The van der Waals surface area contributed by atoms with E-state index < -0.39 is 0 Å². The SMILES string of the molecule is Cl.OCC1=CCNCC1. The number of aliphatic hydroxyl groups is 1. The van der Waals surface area contributed by atoms with Crippen molar-refractivity contribution in [1.82, 2.24) is 5.32 Å². The molecule has 0 atom stereocenters. The number of hydrogen-bond donors (Lipinski definition) is 2. The quantitative estimate of drug-likeness (QED) is 0.527. The summed E-state index contributed by atoms with van der Waals surface area (Å²) in [6.45, 7) is 2.18. The average molecular weight is 150 g/mol. The van der Waals surface area contributed by atoms with Crippen molar-refractivity contribution in [3.05, 3.63) is 11.6 Å². The summed E-state index contributed by atoms with van der Waals surface area (Å²) in [4.78, 5) is 0. The number of halogens is 1. The third kappa shape index (κ3) is 2.84. The summed E-state index contributed by atoms with van der Waals surface area (Å²) < 4.78 is 0. The number of nitrogens with one attached hydrogen (secondary N) is 1. The third-order valence-electron chi connectivity index (χ3n) is 1.36. The van der Waals surface area contributed by atoms with Gasteiger partial charge in [0.25, 0.3) is 0 Å². The zero-order valence-corrected chi connectivity index (χ0v) is 6.08. The normalized spacial score (nSPS) is 18.1. The van der Waals surface area contributed by atoms with E-state index in [4.69, 9.17) is 5.11 Å². The summed E-state index contributed by atoms with van der Waals surface area (Å²) in [7, 11) is 0. The predicted octanol–water partition coefficient (Wildman–Crippen LogP) is 0.320. The highest BCUT2D eigenvalue weighted by atomic mass is 35.5. The maximum Gasteiger partial charge on any atom is 0.0642 e. The van der Waals surface area contributed by atoms with Gasteiger partial charge >= 0.3 is 0 Å². The highest BCUT2D eigenvalue weighted by Gasteiger charge is 1.98. The van der Waals surface area contributed by atoms with Gasteiger partial charge in [-0.25, -0.2) is 0 Å². The van der Waals surface area contributed by atoms with E-state index in [-0.39, 0.29) is 19.0 Å². The number of aliphatic hydroxyl groups excluding tert-OH is 1. The van der Waals surface area contributed by atoms with E-state index in [1.807, 2.05) is 6.08 Å². The molecule has 0 unspecified atom stereocenters. The molecule has 3 heteroatoms. The third-order valence-corrected chi connectivity index (χ3v) is 1.36. The van der Waals surface area contributed by atoms with Gasteiger partial charge in [0.1, 0.15) is 0 Å². The standard InChI is InChI=1S/C6H11NO.ClH/c8-5-6-1-3-7-4-2-6;/h1,7-8H,2-5H2;1H. The minimum absolute atomic E-state index is 0. The van der Waals surface area contributed by atoms with Crippen LogP contribution < -0.4 is 5.32 Å². The first-order chi connectivity index (χ1) is 3.93. The highest BCUT2D eigenvalue weighted by Crippen LogP contribution is 2.00. The molecule has 0 fully saturated rings. The van der Waals surface area contributed by atoms with Crippen LogP contribution in [0.4, 0.5) is 0 Å². The Morgan fingerprint density at radius 2 is 2.44 bits per heavy atom. The van der Waals surface area contributed by atoms with E-state index in [2.05, 4.69) is 5.32 Å². The molecule has 0 bridgehead atoms. The molecule has 0 saturated carbocycles. The van der Waals surface area contributed by atoms with Crippen LogP contribution in [0, 0.1) is 0 Å². The van der Waals surface area contributed by atoms with E-state index in [9.17, 15) is 0 Å². The van der Waals surface area contributed by atoms with E-state index >= 15 is 0 Å². The molecule has 1 heterocycles. The lowest BCUT2D eigenvalue weighted by Crippen LogP contribution is -2.21. The van der Waals surface area contributed by atoms with Crippen molar-refractivity contribution in [3.63, 3.8) is 0 Å². The van der Waals surface area contributed by atoms with Crippen LogP contribution in [-0.2, 0) is 0 Å². The van der Waals surface area contributed by atoms with Gasteiger partial charge in [0.2, 0.25) is 0 Å². The van der Waals surface area contributed by atoms with Gasteiger partial charge in [-0.2, -0.15) is 0 Å². The molecule has 0 saturated heterocycles. The van der Waals surface area contributed by atoms with E-state index in [0.29, 0.717) is 0 Å². The molecule has 0 aromatic carbocycles. The van der Waals surface area contributed by atoms with Crippen LogP contribution in [0.15, 0.2) is 11.6 Å². The fourth-order valence-electron chi connectivity index (χ4n) is 0.813. The molecule has 2 N–H and O–H groups in total. The monoisotopic (exact) mass is 149 g/mol. The first kappa shape index (κ1) is 8.95. The Morgan fingerprint density at radius 3 is 2.78 bits per heavy atom. The van der Waals surface area contributed by atoms with Crippen LogP contribution >= 0.6 is 12.4 Å². The Hall–Kier alpha value is -0.0500. The molecule has 0 radical (unpaired) electrons. The van der Waals surface area contributed by atoms with Crippen molar-refractivity contribution in [2.24, 2.45) is 0 Å². The molecular weight excluding hydrogens is 138 g/mol. The van der Waals surface area contributed by atoms with Crippen molar-refractivity contribution in [2.45, 2.75) is 6.42 Å². The molecule has 0 spiro atoms. The summed E-state index contributed by atoms with van der Waals surface area (Å²) in [6, 6.07) is 0.